The van der Waals surface area contributed by atoms with Crippen molar-refractivity contribution in [3.05, 3.63) is 0 Å². The van der Waals surface area contributed by atoms with E-state index in [1.165, 1.54) is 51.6 Å². The third-order valence-corrected chi connectivity index (χ3v) is 4.41. The molecule has 0 aromatic carbocycles. The molecule has 2 aliphatic rings. The molecule has 1 unspecified atom stereocenters. The Labute approximate surface area is 117 Å². The Kier molecular flexibility index (Phi) is 5.92. The highest BCUT2D eigenvalue weighted by Gasteiger charge is 2.21. The Morgan fingerprint density at radius 2 is 2.05 bits per heavy atom. The number of likely N-dealkylation sites (tertiary alicyclic amines) is 1. The minimum atomic E-state index is 0.555. The molecule has 1 aliphatic heterocycles. The first-order valence-corrected chi connectivity index (χ1v) is 7.81. The molecule has 5 nitrogen and oxygen atoms in total. The van der Waals surface area contributed by atoms with Crippen molar-refractivity contribution < 1.29 is 0 Å². The van der Waals surface area contributed by atoms with Crippen LogP contribution in [0.25, 0.3) is 0 Å². The fourth-order valence-electron chi connectivity index (χ4n) is 3.14. The van der Waals surface area contributed by atoms with Gasteiger partial charge in [0.25, 0.3) is 0 Å². The highest BCUT2D eigenvalue weighted by Crippen LogP contribution is 2.18. The predicted octanol–water partition coefficient (Wildman–Crippen LogP) is 1.07. The van der Waals surface area contributed by atoms with Gasteiger partial charge in [-0.15, -0.1) is 0 Å². The minimum Gasteiger partial charge on any atom is -0.353 e. The van der Waals surface area contributed by atoms with Gasteiger partial charge in [-0.25, -0.2) is 5.84 Å². The number of guanidine groups is 1. The highest BCUT2D eigenvalue weighted by atomic mass is 15.3. The average molecular weight is 267 g/mol. The van der Waals surface area contributed by atoms with Crippen molar-refractivity contribution >= 4 is 5.96 Å². The Morgan fingerprint density at radius 3 is 2.68 bits per heavy atom. The van der Waals surface area contributed by atoms with E-state index >= 15 is 0 Å². The molecule has 1 aliphatic carbocycles. The van der Waals surface area contributed by atoms with Crippen molar-refractivity contribution in [2.45, 2.75) is 51.5 Å². The molecule has 2 fully saturated rings. The molecule has 2 rings (SSSR count). The van der Waals surface area contributed by atoms with Gasteiger partial charge in [0.15, 0.2) is 0 Å². The van der Waals surface area contributed by atoms with E-state index in [0.29, 0.717) is 12.0 Å². The van der Waals surface area contributed by atoms with Gasteiger partial charge in [-0.05, 0) is 38.3 Å². The van der Waals surface area contributed by atoms with Crippen molar-refractivity contribution in [3.8, 4) is 0 Å². The monoisotopic (exact) mass is 267 g/mol. The van der Waals surface area contributed by atoms with Gasteiger partial charge in [0.05, 0.1) is 0 Å². The molecule has 1 saturated heterocycles. The minimum absolute atomic E-state index is 0.555. The lowest BCUT2D eigenvalue weighted by Crippen LogP contribution is -2.47. The summed E-state index contributed by atoms with van der Waals surface area (Å²) in [5.41, 5.74) is 2.72. The lowest BCUT2D eigenvalue weighted by molar-refractivity contribution is 0.343. The molecular weight excluding hydrogens is 238 g/mol. The maximum atomic E-state index is 5.57. The van der Waals surface area contributed by atoms with Crippen LogP contribution in [0.2, 0.25) is 0 Å². The lowest BCUT2D eigenvalue weighted by atomic mass is 9.96. The summed E-state index contributed by atoms with van der Waals surface area (Å²) in [6.07, 6.45) is 7.77. The quantitative estimate of drug-likeness (QED) is 0.308. The summed E-state index contributed by atoms with van der Waals surface area (Å²) in [7, 11) is 0. The summed E-state index contributed by atoms with van der Waals surface area (Å²) in [4.78, 5) is 7.12. The van der Waals surface area contributed by atoms with E-state index < -0.39 is 0 Å². The third kappa shape index (κ3) is 4.66. The molecule has 4 N–H and O–H groups in total. The first kappa shape index (κ1) is 14.6. The zero-order chi connectivity index (χ0) is 13.5. The Bertz CT molecular complexity index is 286. The molecule has 1 atom stereocenters. The van der Waals surface area contributed by atoms with E-state index in [0.717, 1.165) is 19.0 Å². The summed E-state index contributed by atoms with van der Waals surface area (Å²) in [6, 6.07) is 0.555. The molecule has 1 saturated carbocycles. The molecule has 19 heavy (non-hydrogen) atoms. The lowest BCUT2D eigenvalue weighted by Gasteiger charge is -2.24. The van der Waals surface area contributed by atoms with Crippen LogP contribution in [0.3, 0.4) is 0 Å². The largest absolute Gasteiger partial charge is 0.353 e. The molecule has 0 amide bonds. The van der Waals surface area contributed by atoms with E-state index in [2.05, 4.69) is 27.6 Å². The van der Waals surface area contributed by atoms with Crippen molar-refractivity contribution in [2.75, 3.05) is 26.2 Å². The van der Waals surface area contributed by atoms with Crippen LogP contribution >= 0.6 is 0 Å². The van der Waals surface area contributed by atoms with Gasteiger partial charge in [0.2, 0.25) is 5.96 Å². The SMILES string of the molecule is CCN1CCC(CN=C(NN)NC2CCCCC2)C1. The molecule has 0 aromatic rings. The topological polar surface area (TPSA) is 65.7 Å². The predicted molar refractivity (Wildman–Crippen MR) is 79.9 cm³/mol. The number of hydrogen-bond acceptors (Lipinski definition) is 3. The van der Waals surface area contributed by atoms with Gasteiger partial charge >= 0.3 is 0 Å². The molecule has 5 heteroatoms. The molecule has 0 spiro atoms. The van der Waals surface area contributed by atoms with Crippen LogP contribution in [0, 0.1) is 5.92 Å². The first-order valence-electron chi connectivity index (χ1n) is 7.81. The first-order chi connectivity index (χ1) is 9.31. The van der Waals surface area contributed by atoms with E-state index in [1.54, 1.807) is 0 Å². The van der Waals surface area contributed by atoms with Crippen LogP contribution in [0.4, 0.5) is 0 Å². The summed E-state index contributed by atoms with van der Waals surface area (Å²) in [6.45, 7) is 6.67. The fourth-order valence-corrected chi connectivity index (χ4v) is 3.14. The van der Waals surface area contributed by atoms with Crippen LogP contribution in [-0.2, 0) is 0 Å². The number of rotatable bonds is 4. The third-order valence-electron chi connectivity index (χ3n) is 4.41. The Morgan fingerprint density at radius 1 is 1.26 bits per heavy atom. The summed E-state index contributed by atoms with van der Waals surface area (Å²) < 4.78 is 0. The van der Waals surface area contributed by atoms with Gasteiger partial charge in [0, 0.05) is 19.1 Å². The second-order valence-electron chi connectivity index (χ2n) is 5.86. The summed E-state index contributed by atoms with van der Waals surface area (Å²) in [5.74, 6) is 7.05. The maximum Gasteiger partial charge on any atom is 0.205 e. The standard InChI is InChI=1S/C14H29N5/c1-2-19-9-8-12(11-19)10-16-14(18-15)17-13-6-4-3-5-7-13/h12-13H,2-11,15H2,1H3,(H2,16,17,18). The van der Waals surface area contributed by atoms with Gasteiger partial charge < -0.3 is 10.2 Å². The van der Waals surface area contributed by atoms with Gasteiger partial charge in [-0.1, -0.05) is 26.2 Å². The molecule has 1 heterocycles. The number of hydrogen-bond donors (Lipinski definition) is 3. The van der Waals surface area contributed by atoms with E-state index in [4.69, 9.17) is 5.84 Å². The van der Waals surface area contributed by atoms with Gasteiger partial charge in [-0.2, -0.15) is 0 Å². The average Bonchev–Trinajstić information content (AvgIpc) is 2.92. The van der Waals surface area contributed by atoms with Gasteiger partial charge in [0.1, 0.15) is 0 Å². The number of nitrogens with one attached hydrogen (secondary N) is 2. The van der Waals surface area contributed by atoms with Crippen LogP contribution in [-0.4, -0.2) is 43.1 Å². The highest BCUT2D eigenvalue weighted by molar-refractivity contribution is 5.79. The molecule has 110 valence electrons. The van der Waals surface area contributed by atoms with Crippen LogP contribution < -0.4 is 16.6 Å². The fraction of sp³-hybridized carbons (Fsp3) is 0.929. The van der Waals surface area contributed by atoms with Crippen molar-refractivity contribution in [2.24, 2.45) is 16.8 Å². The van der Waals surface area contributed by atoms with Crippen molar-refractivity contribution in [3.63, 3.8) is 0 Å². The summed E-state index contributed by atoms with van der Waals surface area (Å²) >= 11 is 0. The molecule has 0 aromatic heterocycles. The smallest absolute Gasteiger partial charge is 0.205 e. The molecule has 0 radical (unpaired) electrons. The zero-order valence-corrected chi connectivity index (χ0v) is 12.2. The normalized spacial score (nSPS) is 26.6. The van der Waals surface area contributed by atoms with E-state index in [9.17, 15) is 0 Å². The number of hydrazine groups is 1. The number of nitrogens with two attached hydrogens (primary N) is 1. The Balaban J connectivity index is 1.75. The van der Waals surface area contributed by atoms with Crippen LogP contribution in [0.15, 0.2) is 4.99 Å². The number of nitrogens with zero attached hydrogens (tertiary/aromatic N) is 2. The molecule has 0 bridgehead atoms. The Hall–Kier alpha value is -0.810. The van der Waals surface area contributed by atoms with Gasteiger partial charge in [-0.3, -0.25) is 10.4 Å². The maximum absolute atomic E-state index is 5.57. The van der Waals surface area contributed by atoms with Crippen LogP contribution in [0.5, 0.6) is 0 Å². The second-order valence-corrected chi connectivity index (χ2v) is 5.86. The number of aliphatic imine (C=N–C) groups is 1. The second kappa shape index (κ2) is 7.70. The van der Waals surface area contributed by atoms with Crippen molar-refractivity contribution in [1.82, 2.24) is 15.6 Å². The van der Waals surface area contributed by atoms with E-state index in [-0.39, 0.29) is 0 Å². The van der Waals surface area contributed by atoms with Crippen molar-refractivity contribution in [1.29, 1.82) is 0 Å². The van der Waals surface area contributed by atoms with E-state index in [1.807, 2.05) is 0 Å². The van der Waals surface area contributed by atoms with Crippen LogP contribution in [0.1, 0.15) is 45.4 Å². The summed E-state index contributed by atoms with van der Waals surface area (Å²) in [5, 5.41) is 3.46. The zero-order valence-electron chi connectivity index (χ0n) is 12.2. The molecular formula is C14H29N5.